The molecule has 2 bridgehead atoms. The lowest BCUT2D eigenvalue weighted by atomic mass is 10.00. The number of piperidine rings is 1. The molecule has 3 rings (SSSR count). The first kappa shape index (κ1) is 12.7. The van der Waals surface area contributed by atoms with Crippen LogP contribution in [0, 0.1) is 0 Å². The topological polar surface area (TPSA) is 66.9 Å². The van der Waals surface area contributed by atoms with Gasteiger partial charge in [0.05, 0.1) is 0 Å². The molecule has 94 valence electrons. The molecule has 2 aliphatic rings. The Morgan fingerprint density at radius 2 is 2.12 bits per heavy atom. The van der Waals surface area contributed by atoms with Gasteiger partial charge in [-0.25, -0.2) is 0 Å². The summed E-state index contributed by atoms with van der Waals surface area (Å²) in [5.74, 6) is -0.0833. The van der Waals surface area contributed by atoms with Gasteiger partial charge in [0.1, 0.15) is 0 Å². The maximum Gasteiger partial charge on any atom is 0.272 e. The third-order valence-corrected chi connectivity index (χ3v) is 3.91. The molecule has 7 heteroatoms. The number of halogens is 1. The van der Waals surface area contributed by atoms with Crippen molar-refractivity contribution < 1.29 is 4.79 Å². The molecule has 0 aromatic carbocycles. The van der Waals surface area contributed by atoms with Gasteiger partial charge in [0.15, 0.2) is 5.69 Å². The maximum absolute atomic E-state index is 11.8. The number of hydrogen-bond acceptors (Lipinski definition) is 5. The fourth-order valence-electron chi connectivity index (χ4n) is 2.70. The summed E-state index contributed by atoms with van der Waals surface area (Å²) in [7, 11) is 0. The second kappa shape index (κ2) is 5.29. The molecule has 2 fully saturated rings. The predicted octanol–water partition coefficient (Wildman–Crippen LogP) is 0.973. The zero-order valence-electron chi connectivity index (χ0n) is 9.26. The van der Waals surface area contributed by atoms with E-state index < -0.39 is 0 Å². The van der Waals surface area contributed by atoms with Crippen molar-refractivity contribution in [3.05, 3.63) is 11.1 Å². The Hall–Kier alpha value is -0.720. The van der Waals surface area contributed by atoms with Crippen molar-refractivity contribution in [2.75, 3.05) is 0 Å². The molecule has 17 heavy (non-hydrogen) atoms. The minimum atomic E-state index is -0.0833. The molecule has 0 radical (unpaired) electrons. The first-order valence-electron chi connectivity index (χ1n) is 5.65. The van der Waals surface area contributed by atoms with Crippen LogP contribution in [0.25, 0.3) is 0 Å². The Balaban J connectivity index is 0.00000108. The van der Waals surface area contributed by atoms with Crippen LogP contribution in [-0.4, -0.2) is 33.6 Å². The van der Waals surface area contributed by atoms with Crippen molar-refractivity contribution in [3.8, 4) is 0 Å². The standard InChI is InChI=1S/C10H14N4OS.ClH/c15-10(9-5-16-14-13-9)12-8-3-6-1-2-7(4-8)11-6;/h5-8,11H,1-4H2,(H,12,15);1H. The minimum absolute atomic E-state index is 0. The lowest BCUT2D eigenvalue weighted by Crippen LogP contribution is -2.48. The zero-order valence-corrected chi connectivity index (χ0v) is 10.9. The van der Waals surface area contributed by atoms with Gasteiger partial charge in [-0.1, -0.05) is 4.49 Å². The maximum atomic E-state index is 11.8. The van der Waals surface area contributed by atoms with Gasteiger partial charge in [0.2, 0.25) is 0 Å². The lowest BCUT2D eigenvalue weighted by Gasteiger charge is -2.29. The number of aromatic nitrogens is 2. The van der Waals surface area contributed by atoms with Crippen LogP contribution in [0.3, 0.4) is 0 Å². The Morgan fingerprint density at radius 1 is 1.41 bits per heavy atom. The molecule has 1 amide bonds. The molecule has 2 aliphatic heterocycles. The molecule has 0 aliphatic carbocycles. The smallest absolute Gasteiger partial charge is 0.272 e. The molecule has 3 heterocycles. The zero-order chi connectivity index (χ0) is 11.0. The molecule has 1 aromatic heterocycles. The summed E-state index contributed by atoms with van der Waals surface area (Å²) in [5.41, 5.74) is 0.441. The first-order chi connectivity index (χ1) is 7.81. The fourth-order valence-corrected chi connectivity index (χ4v) is 3.13. The van der Waals surface area contributed by atoms with Gasteiger partial charge >= 0.3 is 0 Å². The molecule has 5 nitrogen and oxygen atoms in total. The molecule has 2 saturated heterocycles. The van der Waals surface area contributed by atoms with Crippen LogP contribution in [0.1, 0.15) is 36.2 Å². The van der Waals surface area contributed by atoms with Crippen LogP contribution in [-0.2, 0) is 0 Å². The van der Waals surface area contributed by atoms with E-state index >= 15 is 0 Å². The van der Waals surface area contributed by atoms with Gasteiger partial charge < -0.3 is 10.6 Å². The van der Waals surface area contributed by atoms with Crippen LogP contribution in [0.2, 0.25) is 0 Å². The van der Waals surface area contributed by atoms with Gasteiger partial charge in [-0.3, -0.25) is 4.79 Å². The van der Waals surface area contributed by atoms with Crippen molar-refractivity contribution in [2.24, 2.45) is 0 Å². The molecule has 0 spiro atoms. The molecular weight excluding hydrogens is 260 g/mol. The van der Waals surface area contributed by atoms with Gasteiger partial charge in [-0.15, -0.1) is 17.5 Å². The Labute approximate surface area is 110 Å². The summed E-state index contributed by atoms with van der Waals surface area (Å²) in [4.78, 5) is 11.8. The molecule has 2 unspecified atom stereocenters. The van der Waals surface area contributed by atoms with Crippen LogP contribution in [0.15, 0.2) is 5.38 Å². The highest BCUT2D eigenvalue weighted by molar-refractivity contribution is 7.03. The third kappa shape index (κ3) is 2.75. The van der Waals surface area contributed by atoms with Crippen LogP contribution < -0.4 is 10.6 Å². The largest absolute Gasteiger partial charge is 0.348 e. The van der Waals surface area contributed by atoms with E-state index in [4.69, 9.17) is 0 Å². The number of rotatable bonds is 2. The number of carbonyl (C=O) groups excluding carboxylic acids is 1. The lowest BCUT2D eigenvalue weighted by molar-refractivity contribution is 0.0919. The summed E-state index contributed by atoms with van der Waals surface area (Å²) >= 11 is 1.21. The summed E-state index contributed by atoms with van der Waals surface area (Å²) in [6.07, 6.45) is 4.57. The SMILES string of the molecule is Cl.O=C(NC1CC2CCC(C1)N2)c1csnn1. The van der Waals surface area contributed by atoms with Crippen molar-refractivity contribution >= 4 is 29.8 Å². The Morgan fingerprint density at radius 3 is 2.71 bits per heavy atom. The Bertz CT molecular complexity index is 374. The van der Waals surface area contributed by atoms with Crippen molar-refractivity contribution in [1.82, 2.24) is 20.2 Å². The highest BCUT2D eigenvalue weighted by atomic mass is 35.5. The highest BCUT2D eigenvalue weighted by Crippen LogP contribution is 2.26. The first-order valence-corrected chi connectivity index (χ1v) is 6.49. The van der Waals surface area contributed by atoms with Crippen molar-refractivity contribution in [2.45, 2.75) is 43.8 Å². The second-order valence-electron chi connectivity index (χ2n) is 4.57. The number of nitrogens with one attached hydrogen (secondary N) is 2. The van der Waals surface area contributed by atoms with E-state index in [-0.39, 0.29) is 18.3 Å². The van der Waals surface area contributed by atoms with E-state index in [1.54, 1.807) is 5.38 Å². The van der Waals surface area contributed by atoms with E-state index in [1.165, 1.54) is 24.4 Å². The van der Waals surface area contributed by atoms with Gasteiger partial charge in [-0.05, 0) is 37.2 Å². The number of fused-ring (bicyclic) bond motifs is 2. The van der Waals surface area contributed by atoms with E-state index in [9.17, 15) is 4.79 Å². The van der Waals surface area contributed by atoms with E-state index in [0.717, 1.165) is 12.8 Å². The normalized spacial score (nSPS) is 30.7. The monoisotopic (exact) mass is 274 g/mol. The predicted molar refractivity (Wildman–Crippen MR) is 67.6 cm³/mol. The quantitative estimate of drug-likeness (QED) is 0.843. The van der Waals surface area contributed by atoms with Crippen molar-refractivity contribution in [1.29, 1.82) is 0 Å². The molecule has 2 atom stereocenters. The van der Waals surface area contributed by atoms with Gasteiger partial charge in [-0.2, -0.15) is 0 Å². The third-order valence-electron chi connectivity index (χ3n) is 3.40. The number of amides is 1. The second-order valence-corrected chi connectivity index (χ2v) is 5.18. The van der Waals surface area contributed by atoms with Crippen LogP contribution in [0.4, 0.5) is 0 Å². The van der Waals surface area contributed by atoms with Crippen LogP contribution >= 0.6 is 23.9 Å². The van der Waals surface area contributed by atoms with Gasteiger partial charge in [0, 0.05) is 23.5 Å². The molecule has 0 saturated carbocycles. The average Bonchev–Trinajstić information content (AvgIpc) is 2.88. The summed E-state index contributed by atoms with van der Waals surface area (Å²) in [5, 5.41) is 12.1. The van der Waals surface area contributed by atoms with Gasteiger partial charge in [0.25, 0.3) is 5.91 Å². The summed E-state index contributed by atoms with van der Waals surface area (Å²) < 4.78 is 3.70. The van der Waals surface area contributed by atoms with E-state index in [1.807, 2.05) is 0 Å². The van der Waals surface area contributed by atoms with E-state index in [0.29, 0.717) is 23.8 Å². The van der Waals surface area contributed by atoms with E-state index in [2.05, 4.69) is 20.2 Å². The molecule has 1 aromatic rings. The van der Waals surface area contributed by atoms with Crippen molar-refractivity contribution in [3.63, 3.8) is 0 Å². The highest BCUT2D eigenvalue weighted by Gasteiger charge is 2.34. The minimum Gasteiger partial charge on any atom is -0.348 e. The number of hydrogen-bond donors (Lipinski definition) is 2. The summed E-state index contributed by atoms with van der Waals surface area (Å²) in [6, 6.07) is 1.49. The number of carbonyl (C=O) groups is 1. The molecular formula is C10H15ClN4OS. The average molecular weight is 275 g/mol. The fraction of sp³-hybridized carbons (Fsp3) is 0.700. The molecule has 2 N–H and O–H groups in total. The number of nitrogens with zero attached hydrogens (tertiary/aromatic N) is 2. The Kier molecular flexibility index (Phi) is 3.96. The van der Waals surface area contributed by atoms with Crippen LogP contribution in [0.5, 0.6) is 0 Å². The summed E-state index contributed by atoms with van der Waals surface area (Å²) in [6.45, 7) is 0.